The van der Waals surface area contributed by atoms with Crippen LogP contribution in [0.1, 0.15) is 98.6 Å². The number of aromatic nitrogens is 4. The van der Waals surface area contributed by atoms with Crippen LogP contribution < -0.4 is 4.90 Å². The van der Waals surface area contributed by atoms with Crippen LogP contribution in [0.4, 0.5) is 10.1 Å². The number of carbonyl (C=O) groups is 1. The van der Waals surface area contributed by atoms with Crippen molar-refractivity contribution >= 4 is 11.7 Å². The number of ether oxygens (including phenoxy) is 1. The first-order chi connectivity index (χ1) is 23.6. The fraction of sp³-hybridized carbons (Fsp3) is 0.500. The van der Waals surface area contributed by atoms with E-state index in [0.29, 0.717) is 17.8 Å². The lowest BCUT2D eigenvalue weighted by molar-refractivity contribution is -0.160. The van der Waals surface area contributed by atoms with Crippen molar-refractivity contribution in [3.63, 3.8) is 0 Å². The van der Waals surface area contributed by atoms with Crippen LogP contribution in [-0.4, -0.2) is 61.0 Å². The standard InChI is InChI=1S/C40H51FN6O3/c1-25-19-32(41)12-11-30(25)21-45-16-13-28-20-29(9-10-31(28)22-45)35-33(23-47-27(3)42-24-43-47)44-26(2)34(37(38(48)49)50-39(4,5)6)36(35)46-17-14-40(7,8)15-18-46/h9-12,19-20,24,37H,13-18,21-23H2,1-8H3,(H,48,49). The molecule has 1 atom stereocenters. The summed E-state index contributed by atoms with van der Waals surface area (Å²) in [7, 11) is 0. The van der Waals surface area contributed by atoms with Gasteiger partial charge in [-0.05, 0) is 106 Å². The largest absolute Gasteiger partial charge is 0.479 e. The van der Waals surface area contributed by atoms with Gasteiger partial charge in [-0.25, -0.2) is 18.9 Å². The normalized spacial score (nSPS) is 17.1. The molecule has 1 unspecified atom stereocenters. The maximum Gasteiger partial charge on any atom is 0.337 e. The highest BCUT2D eigenvalue weighted by Gasteiger charge is 2.37. The molecule has 0 bridgehead atoms. The minimum absolute atomic E-state index is 0.192. The SMILES string of the molecule is Cc1cc(F)ccc1CN1CCc2cc(-c3c(Cn4ncnc4C)nc(C)c(C(OC(C)(C)C)C(=O)O)c3N3CCC(C)(C)CC3)ccc2C1. The van der Waals surface area contributed by atoms with Crippen molar-refractivity contribution in [1.82, 2.24) is 24.6 Å². The summed E-state index contributed by atoms with van der Waals surface area (Å²) in [4.78, 5) is 27.4. The third-order valence-corrected chi connectivity index (χ3v) is 10.3. The van der Waals surface area contributed by atoms with Crippen molar-refractivity contribution in [1.29, 1.82) is 0 Å². The molecule has 2 aromatic heterocycles. The van der Waals surface area contributed by atoms with Gasteiger partial charge < -0.3 is 14.7 Å². The summed E-state index contributed by atoms with van der Waals surface area (Å²) in [6, 6.07) is 11.7. The van der Waals surface area contributed by atoms with Crippen LogP contribution in [0.5, 0.6) is 0 Å². The quantitative estimate of drug-likeness (QED) is 0.193. The Labute approximate surface area is 295 Å². The van der Waals surface area contributed by atoms with Crippen molar-refractivity contribution in [3.05, 3.63) is 93.6 Å². The number of piperidine rings is 1. The van der Waals surface area contributed by atoms with Crippen LogP contribution in [-0.2, 0) is 35.6 Å². The molecule has 9 nitrogen and oxygen atoms in total. The molecule has 0 saturated carbocycles. The van der Waals surface area contributed by atoms with Gasteiger partial charge in [0, 0.05) is 49.5 Å². The number of anilines is 1. The van der Waals surface area contributed by atoms with Gasteiger partial charge in [0.25, 0.3) is 0 Å². The zero-order valence-electron chi connectivity index (χ0n) is 30.8. The maximum atomic E-state index is 13.8. The smallest absolute Gasteiger partial charge is 0.337 e. The number of rotatable bonds is 9. The van der Waals surface area contributed by atoms with E-state index < -0.39 is 17.7 Å². The average Bonchev–Trinajstić information content (AvgIpc) is 3.44. The van der Waals surface area contributed by atoms with E-state index in [4.69, 9.17) is 9.72 Å². The number of benzene rings is 2. The second-order valence-corrected chi connectivity index (χ2v) is 15.9. The maximum absolute atomic E-state index is 13.8. The van der Waals surface area contributed by atoms with E-state index in [1.54, 1.807) is 12.4 Å². The lowest BCUT2D eigenvalue weighted by atomic mass is 9.81. The van der Waals surface area contributed by atoms with Gasteiger partial charge in [-0.1, -0.05) is 38.1 Å². The third-order valence-electron chi connectivity index (χ3n) is 10.3. The third kappa shape index (κ3) is 7.76. The molecular weight excluding hydrogens is 631 g/mol. The van der Waals surface area contributed by atoms with Crippen LogP contribution in [0.25, 0.3) is 11.1 Å². The molecule has 0 radical (unpaired) electrons. The highest BCUT2D eigenvalue weighted by atomic mass is 19.1. The van der Waals surface area contributed by atoms with Crippen molar-refractivity contribution < 1.29 is 19.0 Å². The molecule has 50 heavy (non-hydrogen) atoms. The van der Waals surface area contributed by atoms with E-state index in [1.807, 2.05) is 52.3 Å². The first-order valence-corrected chi connectivity index (χ1v) is 17.7. The van der Waals surface area contributed by atoms with Crippen LogP contribution in [0.2, 0.25) is 0 Å². The molecule has 2 aromatic carbocycles. The van der Waals surface area contributed by atoms with Gasteiger partial charge >= 0.3 is 5.97 Å². The number of carboxylic acid groups (broad SMARTS) is 1. The molecule has 4 aromatic rings. The van der Waals surface area contributed by atoms with Crippen molar-refractivity contribution in [2.75, 3.05) is 24.5 Å². The minimum Gasteiger partial charge on any atom is -0.479 e. The Morgan fingerprint density at radius 3 is 2.40 bits per heavy atom. The summed E-state index contributed by atoms with van der Waals surface area (Å²) in [5.74, 6) is -0.458. The lowest BCUT2D eigenvalue weighted by Gasteiger charge is -2.41. The molecule has 10 heteroatoms. The van der Waals surface area contributed by atoms with Gasteiger partial charge in [0.1, 0.15) is 18.0 Å². The molecule has 6 rings (SSSR count). The van der Waals surface area contributed by atoms with Crippen LogP contribution in [0.15, 0.2) is 42.7 Å². The molecule has 4 heterocycles. The van der Waals surface area contributed by atoms with Gasteiger partial charge in [-0.2, -0.15) is 5.10 Å². The van der Waals surface area contributed by atoms with Gasteiger partial charge in [0.15, 0.2) is 6.10 Å². The van der Waals surface area contributed by atoms with Gasteiger partial charge in [0.05, 0.1) is 23.5 Å². The highest BCUT2D eigenvalue weighted by molar-refractivity contribution is 5.88. The van der Waals surface area contributed by atoms with E-state index in [9.17, 15) is 14.3 Å². The molecule has 1 N–H and O–H groups in total. The van der Waals surface area contributed by atoms with Crippen LogP contribution in [0.3, 0.4) is 0 Å². The van der Waals surface area contributed by atoms with Crippen molar-refractivity contribution in [2.45, 2.75) is 106 Å². The fourth-order valence-electron chi connectivity index (χ4n) is 7.34. The Morgan fingerprint density at radius 1 is 1.02 bits per heavy atom. The summed E-state index contributed by atoms with van der Waals surface area (Å²) in [5, 5.41) is 15.2. The Kier molecular flexibility index (Phi) is 9.89. The molecule has 0 aliphatic carbocycles. The van der Waals surface area contributed by atoms with Gasteiger partial charge in [-0.3, -0.25) is 9.88 Å². The Balaban J connectivity index is 1.49. The number of hydrogen-bond donors (Lipinski definition) is 1. The second kappa shape index (κ2) is 13.9. The van der Waals surface area contributed by atoms with E-state index in [-0.39, 0.29) is 11.2 Å². The van der Waals surface area contributed by atoms with Crippen molar-refractivity contribution in [2.24, 2.45) is 5.41 Å². The molecular formula is C40H51FN6O3. The molecule has 0 spiro atoms. The number of carboxylic acids is 1. The summed E-state index contributed by atoms with van der Waals surface area (Å²) >= 11 is 0. The molecule has 1 fully saturated rings. The zero-order valence-corrected chi connectivity index (χ0v) is 30.8. The van der Waals surface area contributed by atoms with Gasteiger partial charge in [-0.15, -0.1) is 0 Å². The lowest BCUT2D eigenvalue weighted by Crippen LogP contribution is -2.39. The molecule has 2 aliphatic heterocycles. The average molecular weight is 683 g/mol. The van der Waals surface area contributed by atoms with E-state index in [1.165, 1.54) is 17.2 Å². The molecule has 1 saturated heterocycles. The Hall–Kier alpha value is -4.15. The van der Waals surface area contributed by atoms with E-state index in [2.05, 4.69) is 51.9 Å². The topological polar surface area (TPSA) is 96.6 Å². The Bertz CT molecular complexity index is 1880. The number of aryl methyl sites for hydroxylation is 3. The number of hydrogen-bond acceptors (Lipinski definition) is 7. The van der Waals surface area contributed by atoms with Crippen LogP contribution in [0, 0.1) is 32.0 Å². The first kappa shape index (κ1) is 35.7. The van der Waals surface area contributed by atoms with Crippen LogP contribution >= 0.6 is 0 Å². The predicted molar refractivity (Wildman–Crippen MR) is 194 cm³/mol. The number of aliphatic carboxylic acids is 1. The second-order valence-electron chi connectivity index (χ2n) is 15.9. The van der Waals surface area contributed by atoms with Crippen molar-refractivity contribution in [3.8, 4) is 11.1 Å². The number of pyridine rings is 1. The minimum atomic E-state index is -1.20. The Morgan fingerprint density at radius 2 is 1.76 bits per heavy atom. The number of fused-ring (bicyclic) bond motifs is 1. The monoisotopic (exact) mass is 682 g/mol. The number of halogens is 1. The van der Waals surface area contributed by atoms with Gasteiger partial charge in [0.2, 0.25) is 0 Å². The summed E-state index contributed by atoms with van der Waals surface area (Å²) in [5.41, 5.74) is 9.03. The van der Waals surface area contributed by atoms with E-state index in [0.717, 1.165) is 91.4 Å². The molecule has 2 aliphatic rings. The zero-order chi connectivity index (χ0) is 36.0. The summed E-state index contributed by atoms with van der Waals surface area (Å²) in [6.45, 7) is 20.5. The number of nitrogens with zero attached hydrogens (tertiary/aromatic N) is 6. The molecule has 266 valence electrons. The highest BCUT2D eigenvalue weighted by Crippen LogP contribution is 2.46. The summed E-state index contributed by atoms with van der Waals surface area (Å²) in [6.07, 6.45) is 3.19. The first-order valence-electron chi connectivity index (χ1n) is 17.7. The summed E-state index contributed by atoms with van der Waals surface area (Å²) < 4.78 is 22.0. The molecule has 0 amide bonds. The fourth-order valence-corrected chi connectivity index (χ4v) is 7.34. The predicted octanol–water partition coefficient (Wildman–Crippen LogP) is 7.58. The van der Waals surface area contributed by atoms with E-state index >= 15 is 0 Å².